The molecule has 0 aromatic heterocycles. The van der Waals surface area contributed by atoms with Crippen LogP contribution in [0.3, 0.4) is 0 Å². The highest BCUT2D eigenvalue weighted by Crippen LogP contribution is 2.44. The van der Waals surface area contributed by atoms with Gasteiger partial charge in [0, 0.05) is 36.2 Å². The van der Waals surface area contributed by atoms with Crippen molar-refractivity contribution >= 4 is 21.8 Å². The first-order valence-electron chi connectivity index (χ1n) is 12.0. The number of carbonyl (C=O) groups excluding carboxylic acids is 1. The highest BCUT2D eigenvalue weighted by Gasteiger charge is 2.39. The monoisotopic (exact) mass is 481 g/mol. The van der Waals surface area contributed by atoms with Gasteiger partial charge in [-0.05, 0) is 43.9 Å². The van der Waals surface area contributed by atoms with Gasteiger partial charge < -0.3 is 15.0 Å². The molecular formula is C26H31N3O4S. The van der Waals surface area contributed by atoms with Gasteiger partial charge in [0.25, 0.3) is 10.0 Å². The lowest BCUT2D eigenvalue weighted by Crippen LogP contribution is -2.48. The molecule has 5 rings (SSSR count). The Labute approximate surface area is 201 Å². The van der Waals surface area contributed by atoms with Crippen molar-refractivity contribution in [1.29, 1.82) is 0 Å². The minimum atomic E-state index is -3.67. The normalized spacial score (nSPS) is 22.7. The molecule has 1 atom stereocenters. The van der Waals surface area contributed by atoms with Crippen LogP contribution in [-0.4, -0.2) is 51.8 Å². The number of piperidine rings is 1. The fourth-order valence-electron chi connectivity index (χ4n) is 5.78. The zero-order valence-corrected chi connectivity index (χ0v) is 20.3. The van der Waals surface area contributed by atoms with E-state index >= 15 is 0 Å². The molecule has 180 valence electrons. The van der Waals surface area contributed by atoms with Gasteiger partial charge in [-0.25, -0.2) is 0 Å². The molecule has 0 spiro atoms. The predicted molar refractivity (Wildman–Crippen MR) is 131 cm³/mol. The molecule has 0 bridgehead atoms. The molecule has 3 aliphatic rings. The van der Waals surface area contributed by atoms with Gasteiger partial charge >= 0.3 is 0 Å². The lowest BCUT2D eigenvalue weighted by atomic mass is 9.78. The average molecular weight is 482 g/mol. The van der Waals surface area contributed by atoms with Crippen LogP contribution >= 0.6 is 0 Å². The van der Waals surface area contributed by atoms with Gasteiger partial charge in [0.05, 0.1) is 13.0 Å². The number of nitrogens with zero attached hydrogens (tertiary/aromatic N) is 2. The Bertz CT molecular complexity index is 1220. The molecule has 7 nitrogen and oxygen atoms in total. The smallest absolute Gasteiger partial charge is 0.285 e. The van der Waals surface area contributed by atoms with Crippen LogP contribution < -0.4 is 10.1 Å². The molecule has 1 N–H and O–H groups in total. The first kappa shape index (κ1) is 22.9. The first-order chi connectivity index (χ1) is 16.4. The average Bonchev–Trinajstić information content (AvgIpc) is 3.46. The number of hydrogen-bond acceptors (Lipinski definition) is 5. The number of methoxy groups -OCH3 is 1. The fraction of sp³-hybridized carbons (Fsp3) is 0.462. The van der Waals surface area contributed by atoms with Gasteiger partial charge in [-0.1, -0.05) is 43.2 Å². The number of nitrogens with one attached hydrogen (secondary N) is 1. The summed E-state index contributed by atoms with van der Waals surface area (Å²) in [6, 6.07) is 15.0. The maximum absolute atomic E-state index is 13.3. The number of rotatable bonds is 5. The summed E-state index contributed by atoms with van der Waals surface area (Å²) in [6.45, 7) is 1.74. The summed E-state index contributed by atoms with van der Waals surface area (Å²) in [7, 11) is -1.98. The third-order valence-electron chi connectivity index (χ3n) is 7.54. The van der Waals surface area contributed by atoms with E-state index in [2.05, 4.69) is 15.8 Å². The fourth-order valence-corrected chi connectivity index (χ4v) is 7.00. The standard InChI is InChI=1S/C26H31N3O4S/c1-33-22-12-4-3-11-21(22)26(14-6-7-15-26)18-27-25(30)19-9-8-16-29(17-19)24-20-10-2-5-13-23(20)34(31,32)28-24/h2-5,10-13,19H,6-9,14-18H2,1H3,(H,27,30). The summed E-state index contributed by atoms with van der Waals surface area (Å²) < 4.78 is 34.7. The molecule has 2 fully saturated rings. The van der Waals surface area contributed by atoms with E-state index in [1.165, 1.54) is 5.56 Å². The van der Waals surface area contributed by atoms with Crippen LogP contribution in [0.4, 0.5) is 0 Å². The van der Waals surface area contributed by atoms with Crippen molar-refractivity contribution in [3.8, 4) is 5.75 Å². The van der Waals surface area contributed by atoms with Crippen molar-refractivity contribution < 1.29 is 17.9 Å². The van der Waals surface area contributed by atoms with Crippen molar-refractivity contribution in [1.82, 2.24) is 10.2 Å². The van der Waals surface area contributed by atoms with Gasteiger partial charge in [0.2, 0.25) is 5.91 Å². The molecular weight excluding hydrogens is 450 g/mol. The van der Waals surface area contributed by atoms with Crippen molar-refractivity contribution in [2.45, 2.75) is 48.8 Å². The second-order valence-electron chi connectivity index (χ2n) is 9.58. The SMILES string of the molecule is COc1ccccc1C1(CNC(=O)C2CCCN(C3=NS(=O)(=O)c4ccccc43)C2)CCCC1. The zero-order chi connectivity index (χ0) is 23.8. The van der Waals surface area contributed by atoms with Crippen molar-refractivity contribution in [3.05, 3.63) is 59.7 Å². The van der Waals surface area contributed by atoms with E-state index in [0.717, 1.165) is 44.3 Å². The molecule has 1 amide bonds. The van der Waals surface area contributed by atoms with E-state index in [4.69, 9.17) is 4.74 Å². The molecule has 1 aliphatic carbocycles. The Balaban J connectivity index is 1.30. The van der Waals surface area contributed by atoms with Crippen molar-refractivity contribution in [2.24, 2.45) is 10.3 Å². The quantitative estimate of drug-likeness (QED) is 0.706. The van der Waals surface area contributed by atoms with Crippen LogP contribution in [0.2, 0.25) is 0 Å². The minimum absolute atomic E-state index is 0.0283. The second kappa shape index (κ2) is 9.06. The minimum Gasteiger partial charge on any atom is -0.496 e. The molecule has 2 heterocycles. The van der Waals surface area contributed by atoms with Crippen LogP contribution in [0, 0.1) is 5.92 Å². The van der Waals surface area contributed by atoms with Crippen LogP contribution in [0.5, 0.6) is 5.75 Å². The van der Waals surface area contributed by atoms with Crippen LogP contribution in [-0.2, 0) is 20.2 Å². The van der Waals surface area contributed by atoms with E-state index in [1.54, 1.807) is 25.3 Å². The Morgan fingerprint density at radius 2 is 1.85 bits per heavy atom. The molecule has 0 radical (unpaired) electrons. The summed E-state index contributed by atoms with van der Waals surface area (Å²) in [4.78, 5) is 15.5. The van der Waals surface area contributed by atoms with E-state index in [0.29, 0.717) is 31.0 Å². The summed E-state index contributed by atoms with van der Waals surface area (Å²) in [5, 5.41) is 3.25. The number of likely N-dealkylation sites (tertiary alicyclic amines) is 1. The third-order valence-corrected chi connectivity index (χ3v) is 8.87. The Morgan fingerprint density at radius 1 is 1.12 bits per heavy atom. The number of amides is 1. The molecule has 2 aromatic carbocycles. The Hall–Kier alpha value is -2.87. The third kappa shape index (κ3) is 4.08. The number of benzene rings is 2. The van der Waals surface area contributed by atoms with Crippen LogP contribution in [0.25, 0.3) is 0 Å². The number of hydrogen-bond donors (Lipinski definition) is 1. The molecule has 1 saturated heterocycles. The number of ether oxygens (including phenoxy) is 1. The highest BCUT2D eigenvalue weighted by atomic mass is 32.2. The topological polar surface area (TPSA) is 88.1 Å². The largest absolute Gasteiger partial charge is 0.496 e. The predicted octanol–water partition coefficient (Wildman–Crippen LogP) is 3.48. The van der Waals surface area contributed by atoms with Gasteiger partial charge in [0.15, 0.2) is 5.84 Å². The molecule has 1 unspecified atom stereocenters. The van der Waals surface area contributed by atoms with Crippen molar-refractivity contribution in [2.75, 3.05) is 26.7 Å². The molecule has 34 heavy (non-hydrogen) atoms. The lowest BCUT2D eigenvalue weighted by Gasteiger charge is -2.35. The Morgan fingerprint density at radius 3 is 2.65 bits per heavy atom. The van der Waals surface area contributed by atoms with E-state index in [9.17, 15) is 13.2 Å². The highest BCUT2D eigenvalue weighted by molar-refractivity contribution is 7.90. The summed E-state index contributed by atoms with van der Waals surface area (Å²) in [5.74, 6) is 1.17. The molecule has 2 aliphatic heterocycles. The molecule has 1 saturated carbocycles. The first-order valence-corrected chi connectivity index (χ1v) is 13.5. The van der Waals surface area contributed by atoms with Gasteiger partial charge in [0.1, 0.15) is 10.6 Å². The van der Waals surface area contributed by atoms with Gasteiger partial charge in [-0.2, -0.15) is 8.42 Å². The molecule has 8 heteroatoms. The van der Waals surface area contributed by atoms with Gasteiger partial charge in [-0.15, -0.1) is 4.40 Å². The zero-order valence-electron chi connectivity index (χ0n) is 19.5. The van der Waals surface area contributed by atoms with Crippen LogP contribution in [0.1, 0.15) is 49.7 Å². The number of carbonyl (C=O) groups is 1. The van der Waals surface area contributed by atoms with E-state index in [1.807, 2.05) is 29.2 Å². The maximum atomic E-state index is 13.3. The summed E-state index contributed by atoms with van der Waals surface area (Å²) in [5.41, 5.74) is 1.69. The number of fused-ring (bicyclic) bond motifs is 1. The van der Waals surface area contributed by atoms with E-state index in [-0.39, 0.29) is 22.1 Å². The van der Waals surface area contributed by atoms with Crippen LogP contribution in [0.15, 0.2) is 57.8 Å². The van der Waals surface area contributed by atoms with Gasteiger partial charge in [-0.3, -0.25) is 4.79 Å². The van der Waals surface area contributed by atoms with Crippen molar-refractivity contribution in [3.63, 3.8) is 0 Å². The summed E-state index contributed by atoms with van der Waals surface area (Å²) >= 11 is 0. The lowest BCUT2D eigenvalue weighted by molar-refractivity contribution is -0.126. The Kier molecular flexibility index (Phi) is 6.10. The number of para-hydroxylation sites is 1. The number of sulfonamides is 1. The number of amidine groups is 1. The van der Waals surface area contributed by atoms with E-state index < -0.39 is 10.0 Å². The summed E-state index contributed by atoms with van der Waals surface area (Å²) in [6.07, 6.45) is 5.92. The second-order valence-corrected chi connectivity index (χ2v) is 11.1. The maximum Gasteiger partial charge on any atom is 0.285 e. The molecule has 2 aromatic rings.